The van der Waals surface area contributed by atoms with Gasteiger partial charge >= 0.3 is 6.03 Å². The largest absolute Gasteiger partial charge is 0.329 e. The molecule has 1 saturated heterocycles. The van der Waals surface area contributed by atoms with E-state index < -0.39 is 12.1 Å². The zero-order valence-corrected chi connectivity index (χ0v) is 12.8. The topological polar surface area (TPSA) is 73.2 Å². The van der Waals surface area contributed by atoms with Gasteiger partial charge in [-0.2, -0.15) is 5.26 Å². The van der Waals surface area contributed by atoms with Crippen molar-refractivity contribution in [3.05, 3.63) is 64.7 Å². The summed E-state index contributed by atoms with van der Waals surface area (Å²) in [6.07, 6.45) is 0. The van der Waals surface area contributed by atoms with E-state index in [1.165, 1.54) is 0 Å². The van der Waals surface area contributed by atoms with E-state index in [-0.39, 0.29) is 5.91 Å². The summed E-state index contributed by atoms with van der Waals surface area (Å²) in [5.74, 6) is -0.312. The molecular weight excluding hydrogens is 290 g/mol. The second kappa shape index (κ2) is 5.58. The molecule has 0 radical (unpaired) electrons. The molecule has 5 nitrogen and oxygen atoms in total. The number of urea groups is 1. The molecule has 1 fully saturated rings. The van der Waals surface area contributed by atoms with Gasteiger partial charge in [0.15, 0.2) is 0 Å². The maximum Gasteiger partial charge on any atom is 0.329 e. The predicted octanol–water partition coefficient (Wildman–Crippen LogP) is 2.97. The van der Waals surface area contributed by atoms with Crippen LogP contribution in [0.2, 0.25) is 0 Å². The molecule has 1 aliphatic rings. The molecule has 0 bridgehead atoms. The van der Waals surface area contributed by atoms with E-state index in [4.69, 9.17) is 5.26 Å². The number of hydrogen-bond acceptors (Lipinski definition) is 3. The van der Waals surface area contributed by atoms with Crippen LogP contribution in [0.5, 0.6) is 0 Å². The van der Waals surface area contributed by atoms with Crippen LogP contribution in [0.15, 0.2) is 42.5 Å². The van der Waals surface area contributed by atoms with Crippen LogP contribution in [-0.2, 0) is 4.79 Å². The zero-order chi connectivity index (χ0) is 16.6. The van der Waals surface area contributed by atoms with Gasteiger partial charge in [0.05, 0.1) is 17.3 Å². The first-order valence-electron chi connectivity index (χ1n) is 7.23. The van der Waals surface area contributed by atoms with Gasteiger partial charge in [0.2, 0.25) is 0 Å². The smallest absolute Gasteiger partial charge is 0.321 e. The number of nitrogens with zero attached hydrogens (tertiary/aromatic N) is 2. The quantitative estimate of drug-likeness (QED) is 0.867. The average molecular weight is 305 g/mol. The van der Waals surface area contributed by atoms with Crippen LogP contribution in [-0.4, -0.2) is 11.9 Å². The number of nitrogens with one attached hydrogen (secondary N) is 1. The van der Waals surface area contributed by atoms with E-state index in [1.807, 2.05) is 38.1 Å². The Morgan fingerprint density at radius 2 is 1.78 bits per heavy atom. The first kappa shape index (κ1) is 14.8. The summed E-state index contributed by atoms with van der Waals surface area (Å²) in [4.78, 5) is 26.1. The van der Waals surface area contributed by atoms with Crippen molar-refractivity contribution in [2.45, 2.75) is 19.9 Å². The van der Waals surface area contributed by atoms with Gasteiger partial charge in [-0.3, -0.25) is 4.79 Å². The maximum absolute atomic E-state index is 12.7. The third-order valence-corrected chi connectivity index (χ3v) is 4.15. The van der Waals surface area contributed by atoms with Crippen LogP contribution in [0.25, 0.3) is 0 Å². The highest BCUT2D eigenvalue weighted by Gasteiger charge is 2.40. The van der Waals surface area contributed by atoms with Crippen LogP contribution in [0.3, 0.4) is 0 Å². The van der Waals surface area contributed by atoms with Crippen molar-refractivity contribution in [1.82, 2.24) is 5.32 Å². The van der Waals surface area contributed by atoms with Crippen LogP contribution < -0.4 is 10.2 Å². The van der Waals surface area contributed by atoms with Gasteiger partial charge in [0.1, 0.15) is 6.04 Å². The summed E-state index contributed by atoms with van der Waals surface area (Å²) >= 11 is 0. The number of aryl methyl sites for hydroxylation is 1. The molecule has 5 heteroatoms. The van der Waals surface area contributed by atoms with Gasteiger partial charge in [0.25, 0.3) is 5.91 Å². The molecular formula is C18H15N3O2. The van der Waals surface area contributed by atoms with Crippen molar-refractivity contribution in [2.75, 3.05) is 4.90 Å². The molecule has 0 aromatic heterocycles. The van der Waals surface area contributed by atoms with Gasteiger partial charge < -0.3 is 5.32 Å². The second-order valence-electron chi connectivity index (χ2n) is 5.50. The Bertz CT molecular complexity index is 834. The van der Waals surface area contributed by atoms with Crippen molar-refractivity contribution >= 4 is 17.6 Å². The fourth-order valence-electron chi connectivity index (χ4n) is 2.71. The Hall–Kier alpha value is -3.13. The number of amides is 3. The van der Waals surface area contributed by atoms with Crippen molar-refractivity contribution in [1.29, 1.82) is 5.26 Å². The molecule has 3 rings (SSSR count). The Morgan fingerprint density at radius 1 is 1.09 bits per heavy atom. The number of imide groups is 1. The monoisotopic (exact) mass is 305 g/mol. The van der Waals surface area contributed by atoms with Crippen molar-refractivity contribution in [3.63, 3.8) is 0 Å². The molecule has 23 heavy (non-hydrogen) atoms. The summed E-state index contributed by atoms with van der Waals surface area (Å²) < 4.78 is 0. The standard InChI is InChI=1S/C18H15N3O2/c1-11-4-3-5-15(12(11)2)16-17(22)21(18(23)20-16)14-8-6-13(10-19)7-9-14/h3-9,16H,1-2H3,(H,20,23)/t16-/m1/s1. The van der Waals surface area contributed by atoms with Crippen LogP contribution in [0.1, 0.15) is 28.3 Å². The highest BCUT2D eigenvalue weighted by Crippen LogP contribution is 2.29. The highest BCUT2D eigenvalue weighted by molar-refractivity contribution is 6.21. The first-order chi connectivity index (χ1) is 11.0. The Balaban J connectivity index is 1.96. The summed E-state index contributed by atoms with van der Waals surface area (Å²) in [5, 5.41) is 11.6. The van der Waals surface area contributed by atoms with Gasteiger partial charge in [-0.15, -0.1) is 0 Å². The number of rotatable bonds is 2. The van der Waals surface area contributed by atoms with E-state index in [0.29, 0.717) is 11.3 Å². The second-order valence-corrected chi connectivity index (χ2v) is 5.50. The average Bonchev–Trinajstić information content (AvgIpc) is 2.85. The van der Waals surface area contributed by atoms with Crippen LogP contribution in [0, 0.1) is 25.2 Å². The number of carbonyl (C=O) groups excluding carboxylic acids is 2. The summed E-state index contributed by atoms with van der Waals surface area (Å²) in [5.41, 5.74) is 3.81. The number of anilines is 1. The summed E-state index contributed by atoms with van der Waals surface area (Å²) in [6, 6.07) is 12.9. The molecule has 2 aromatic rings. The lowest BCUT2D eigenvalue weighted by Crippen LogP contribution is -2.30. The summed E-state index contributed by atoms with van der Waals surface area (Å²) in [7, 11) is 0. The van der Waals surface area contributed by atoms with E-state index in [1.54, 1.807) is 24.3 Å². The number of benzene rings is 2. The molecule has 0 saturated carbocycles. The fraction of sp³-hybridized carbons (Fsp3) is 0.167. The molecule has 0 aliphatic carbocycles. The molecule has 1 heterocycles. The lowest BCUT2D eigenvalue weighted by atomic mass is 9.97. The lowest BCUT2D eigenvalue weighted by Gasteiger charge is -2.15. The molecule has 3 amide bonds. The van der Waals surface area contributed by atoms with Gasteiger partial charge in [0, 0.05) is 0 Å². The van der Waals surface area contributed by atoms with E-state index >= 15 is 0 Å². The van der Waals surface area contributed by atoms with Crippen molar-refractivity contribution in [3.8, 4) is 6.07 Å². The molecule has 1 N–H and O–H groups in total. The van der Waals surface area contributed by atoms with Gasteiger partial charge in [-0.1, -0.05) is 18.2 Å². The van der Waals surface area contributed by atoms with Crippen molar-refractivity contribution < 1.29 is 9.59 Å². The maximum atomic E-state index is 12.7. The van der Waals surface area contributed by atoms with Gasteiger partial charge in [-0.05, 0) is 54.8 Å². The lowest BCUT2D eigenvalue weighted by molar-refractivity contribution is -0.118. The third-order valence-electron chi connectivity index (χ3n) is 4.15. The van der Waals surface area contributed by atoms with E-state index in [2.05, 4.69) is 5.32 Å². The Labute approximate surface area is 134 Å². The Kier molecular flexibility index (Phi) is 3.59. The molecule has 2 aromatic carbocycles. The van der Waals surface area contributed by atoms with E-state index in [9.17, 15) is 9.59 Å². The predicted molar refractivity (Wildman–Crippen MR) is 85.8 cm³/mol. The third kappa shape index (κ3) is 2.44. The fourth-order valence-corrected chi connectivity index (χ4v) is 2.71. The van der Waals surface area contributed by atoms with Crippen LogP contribution in [0.4, 0.5) is 10.5 Å². The number of nitriles is 1. The zero-order valence-electron chi connectivity index (χ0n) is 12.8. The van der Waals surface area contributed by atoms with Crippen LogP contribution >= 0.6 is 0 Å². The van der Waals surface area contributed by atoms with Crippen molar-refractivity contribution in [2.24, 2.45) is 0 Å². The molecule has 114 valence electrons. The minimum Gasteiger partial charge on any atom is -0.321 e. The Morgan fingerprint density at radius 3 is 2.43 bits per heavy atom. The SMILES string of the molecule is Cc1cccc([C@H]2NC(=O)N(c3ccc(C#N)cc3)C2=O)c1C. The van der Waals surface area contributed by atoms with E-state index in [0.717, 1.165) is 21.6 Å². The highest BCUT2D eigenvalue weighted by atomic mass is 16.2. The number of hydrogen-bond donors (Lipinski definition) is 1. The molecule has 0 unspecified atom stereocenters. The minimum absolute atomic E-state index is 0.312. The molecule has 0 spiro atoms. The first-order valence-corrected chi connectivity index (χ1v) is 7.23. The minimum atomic E-state index is -0.682. The molecule has 1 aliphatic heterocycles. The normalized spacial score (nSPS) is 17.1. The summed E-state index contributed by atoms with van der Waals surface area (Å²) in [6.45, 7) is 3.91. The molecule has 1 atom stereocenters. The van der Waals surface area contributed by atoms with Gasteiger partial charge in [-0.25, -0.2) is 9.69 Å². The number of carbonyl (C=O) groups is 2.